The molecule has 0 saturated carbocycles. The molecule has 0 atom stereocenters. The SMILES string of the molecule is CCOCCOC[B-](F)(F)F.[K+]. The van der Waals surface area contributed by atoms with Gasteiger partial charge in [-0.05, 0) is 6.92 Å². The maximum Gasteiger partial charge on any atom is 1.00 e. The van der Waals surface area contributed by atoms with Crippen molar-refractivity contribution in [2.24, 2.45) is 0 Å². The second kappa shape index (κ2) is 8.99. The first kappa shape index (κ1) is 15.9. The van der Waals surface area contributed by atoms with Crippen LogP contribution in [0, 0.1) is 0 Å². The summed E-state index contributed by atoms with van der Waals surface area (Å²) in [6.07, 6.45) is 0. The molecular weight excluding hydrogens is 199 g/mol. The van der Waals surface area contributed by atoms with Gasteiger partial charge in [-0.15, -0.1) is 0 Å². The van der Waals surface area contributed by atoms with Crippen LogP contribution in [0.3, 0.4) is 0 Å². The van der Waals surface area contributed by atoms with Crippen LogP contribution in [0.1, 0.15) is 6.92 Å². The number of rotatable bonds is 6. The van der Waals surface area contributed by atoms with Gasteiger partial charge >= 0.3 is 58.4 Å². The van der Waals surface area contributed by atoms with Crippen molar-refractivity contribution in [3.63, 3.8) is 0 Å². The zero-order chi connectivity index (χ0) is 8.74. The predicted octanol–water partition coefficient (Wildman–Crippen LogP) is -1.57. The molecule has 0 saturated heterocycles. The molecule has 7 heteroatoms. The normalized spacial score (nSPS) is 11.0. The van der Waals surface area contributed by atoms with E-state index in [4.69, 9.17) is 4.74 Å². The number of halogens is 3. The van der Waals surface area contributed by atoms with E-state index in [0.717, 1.165) is 0 Å². The molecule has 0 aromatic rings. The van der Waals surface area contributed by atoms with E-state index in [1.165, 1.54) is 0 Å². The Morgan fingerprint density at radius 3 is 2.00 bits per heavy atom. The summed E-state index contributed by atoms with van der Waals surface area (Å²) >= 11 is 0. The number of hydrogen-bond acceptors (Lipinski definition) is 2. The molecule has 0 amide bonds. The zero-order valence-corrected chi connectivity index (χ0v) is 10.5. The van der Waals surface area contributed by atoms with Crippen LogP contribution < -0.4 is 51.4 Å². The van der Waals surface area contributed by atoms with Crippen molar-refractivity contribution in [3.05, 3.63) is 0 Å². The Labute approximate surface area is 113 Å². The fraction of sp³-hybridized carbons (Fsp3) is 1.00. The van der Waals surface area contributed by atoms with E-state index in [1.54, 1.807) is 6.92 Å². The van der Waals surface area contributed by atoms with Gasteiger partial charge in [0.2, 0.25) is 0 Å². The average Bonchev–Trinajstić information content (AvgIpc) is 1.85. The Morgan fingerprint density at radius 1 is 1.08 bits per heavy atom. The molecule has 0 spiro atoms. The third kappa shape index (κ3) is 14.0. The molecule has 2 nitrogen and oxygen atoms in total. The maximum absolute atomic E-state index is 11.5. The second-order valence-electron chi connectivity index (χ2n) is 1.98. The van der Waals surface area contributed by atoms with Gasteiger partial charge in [0.05, 0.1) is 13.2 Å². The van der Waals surface area contributed by atoms with Crippen molar-refractivity contribution >= 4 is 6.98 Å². The summed E-state index contributed by atoms with van der Waals surface area (Å²) in [5.74, 6) is 0. The average molecular weight is 210 g/mol. The molecule has 68 valence electrons. The van der Waals surface area contributed by atoms with Crippen LogP contribution in [0.25, 0.3) is 0 Å². The van der Waals surface area contributed by atoms with Gasteiger partial charge in [-0.25, -0.2) is 0 Å². The van der Waals surface area contributed by atoms with Crippen molar-refractivity contribution in [2.75, 3.05) is 26.3 Å². The van der Waals surface area contributed by atoms with Crippen LogP contribution in [-0.4, -0.2) is 33.3 Å². The van der Waals surface area contributed by atoms with Crippen LogP contribution in [0.5, 0.6) is 0 Å². The third-order valence-electron chi connectivity index (χ3n) is 0.883. The topological polar surface area (TPSA) is 18.5 Å². The van der Waals surface area contributed by atoms with Crippen molar-refractivity contribution in [3.8, 4) is 0 Å². The van der Waals surface area contributed by atoms with Crippen molar-refractivity contribution in [2.45, 2.75) is 6.92 Å². The number of ether oxygens (including phenoxy) is 2. The van der Waals surface area contributed by atoms with E-state index in [9.17, 15) is 12.9 Å². The Kier molecular flexibility index (Phi) is 11.9. The smallest absolute Gasteiger partial charge is 0.447 e. The van der Waals surface area contributed by atoms with Crippen molar-refractivity contribution < 1.29 is 73.8 Å². The Morgan fingerprint density at radius 2 is 1.58 bits per heavy atom. The van der Waals surface area contributed by atoms with Crippen LogP contribution in [0.15, 0.2) is 0 Å². The minimum atomic E-state index is -4.80. The molecule has 0 N–H and O–H groups in total. The Balaban J connectivity index is 0. The minimum Gasteiger partial charge on any atom is -0.447 e. The Bertz CT molecular complexity index is 101. The van der Waals surface area contributed by atoms with E-state index in [-0.39, 0.29) is 64.6 Å². The van der Waals surface area contributed by atoms with Gasteiger partial charge in [0.25, 0.3) is 0 Å². The van der Waals surface area contributed by atoms with Crippen molar-refractivity contribution in [1.29, 1.82) is 0 Å². The first-order valence-electron chi connectivity index (χ1n) is 3.42. The molecule has 0 aliphatic heterocycles. The third-order valence-corrected chi connectivity index (χ3v) is 0.883. The summed E-state index contributed by atoms with van der Waals surface area (Å²) in [4.78, 5) is 0. The summed E-state index contributed by atoms with van der Waals surface area (Å²) in [6.45, 7) is -3.43. The van der Waals surface area contributed by atoms with E-state index in [2.05, 4.69) is 4.74 Å². The van der Waals surface area contributed by atoms with E-state index in [0.29, 0.717) is 6.61 Å². The standard InChI is InChI=1S/C5H11BF3O2.K/c1-2-10-3-4-11-5-6(7,8)9;/h2-5H2,1H3;/q-1;+1. The molecular formula is C5H11BF3KO2. The maximum atomic E-state index is 11.5. The molecule has 0 aromatic carbocycles. The van der Waals surface area contributed by atoms with Crippen LogP contribution in [0.4, 0.5) is 12.9 Å². The van der Waals surface area contributed by atoms with Gasteiger partial charge in [0, 0.05) is 13.1 Å². The first-order chi connectivity index (χ1) is 5.06. The van der Waals surface area contributed by atoms with Gasteiger partial charge in [-0.2, -0.15) is 0 Å². The van der Waals surface area contributed by atoms with Gasteiger partial charge < -0.3 is 22.4 Å². The molecule has 0 bridgehead atoms. The quantitative estimate of drug-likeness (QED) is 0.389. The summed E-state index contributed by atoms with van der Waals surface area (Å²) in [5, 5.41) is 0. The molecule has 0 fully saturated rings. The zero-order valence-electron chi connectivity index (χ0n) is 7.36. The minimum absolute atomic E-state index is 0. The van der Waals surface area contributed by atoms with Gasteiger partial charge in [0.1, 0.15) is 0 Å². The van der Waals surface area contributed by atoms with Gasteiger partial charge in [0.15, 0.2) is 0 Å². The van der Waals surface area contributed by atoms with Gasteiger partial charge in [-0.1, -0.05) is 0 Å². The summed E-state index contributed by atoms with van der Waals surface area (Å²) in [7, 11) is 0. The summed E-state index contributed by atoms with van der Waals surface area (Å²) in [5.41, 5.74) is 0. The Hall–Kier alpha value is 1.41. The largest absolute Gasteiger partial charge is 1.00 e. The molecule has 0 heterocycles. The monoisotopic (exact) mass is 210 g/mol. The van der Waals surface area contributed by atoms with Crippen molar-refractivity contribution in [1.82, 2.24) is 0 Å². The summed E-state index contributed by atoms with van der Waals surface area (Å²) in [6, 6.07) is 0. The molecule has 0 aliphatic carbocycles. The van der Waals surface area contributed by atoms with Crippen LogP contribution in [-0.2, 0) is 9.47 Å². The molecule has 0 rings (SSSR count). The summed E-state index contributed by atoms with van der Waals surface area (Å²) < 4.78 is 43.4. The number of hydrogen-bond donors (Lipinski definition) is 0. The first-order valence-corrected chi connectivity index (χ1v) is 3.42. The van der Waals surface area contributed by atoms with E-state index >= 15 is 0 Å². The van der Waals surface area contributed by atoms with E-state index < -0.39 is 13.5 Å². The van der Waals surface area contributed by atoms with E-state index in [1.807, 2.05) is 0 Å². The van der Waals surface area contributed by atoms with Gasteiger partial charge in [-0.3, -0.25) is 0 Å². The molecule has 0 unspecified atom stereocenters. The second-order valence-corrected chi connectivity index (χ2v) is 1.98. The molecule has 0 radical (unpaired) electrons. The molecule has 12 heavy (non-hydrogen) atoms. The van der Waals surface area contributed by atoms with Crippen LogP contribution in [0.2, 0.25) is 0 Å². The fourth-order valence-corrected chi connectivity index (χ4v) is 0.479. The van der Waals surface area contributed by atoms with Crippen LogP contribution >= 0.6 is 0 Å². The molecule has 0 aliphatic rings. The fourth-order valence-electron chi connectivity index (χ4n) is 0.479. The predicted molar refractivity (Wildman–Crippen MR) is 36.4 cm³/mol. The molecule has 0 aromatic heterocycles.